The van der Waals surface area contributed by atoms with Crippen LogP contribution in [0.3, 0.4) is 0 Å². The number of halogens is 1. The third-order valence-electron chi connectivity index (χ3n) is 2.91. The summed E-state index contributed by atoms with van der Waals surface area (Å²) in [5, 5.41) is -0.646. The molecule has 0 saturated heterocycles. The molecule has 0 saturated carbocycles. The number of fused-ring (bicyclic) bond motifs is 1. The van der Waals surface area contributed by atoms with Crippen LogP contribution in [0.5, 0.6) is 17.2 Å². The van der Waals surface area contributed by atoms with E-state index in [1.54, 1.807) is 6.07 Å². The summed E-state index contributed by atoms with van der Waals surface area (Å²) in [6, 6.07) is 1.57. The number of ether oxygens (including phenoxy) is 3. The van der Waals surface area contributed by atoms with E-state index in [9.17, 15) is 9.59 Å². The summed E-state index contributed by atoms with van der Waals surface area (Å²) in [6.07, 6.45) is 1.39. The largest absolute Gasteiger partial charge is 0.496 e. The maximum Gasteiger partial charge on any atom is 0.293 e. The molecule has 0 amide bonds. The first-order chi connectivity index (χ1) is 9.54. The van der Waals surface area contributed by atoms with Crippen molar-refractivity contribution in [3.8, 4) is 17.2 Å². The van der Waals surface area contributed by atoms with E-state index in [0.29, 0.717) is 28.2 Å². The molecule has 0 spiro atoms. The lowest BCUT2D eigenvalue weighted by Crippen LogP contribution is -2.07. The second kappa shape index (κ2) is 5.42. The molecule has 0 bridgehead atoms. The molecule has 6 nitrogen and oxygen atoms in total. The molecule has 0 aliphatic rings. The Morgan fingerprint density at radius 3 is 2.25 bits per heavy atom. The second-order valence-electron chi connectivity index (χ2n) is 3.87. The summed E-state index contributed by atoms with van der Waals surface area (Å²) in [4.78, 5) is 25.8. The first kappa shape index (κ1) is 14.2. The number of carbonyl (C=O) groups is 2. The smallest absolute Gasteiger partial charge is 0.293 e. The third kappa shape index (κ3) is 2.08. The van der Waals surface area contributed by atoms with Crippen molar-refractivity contribution in [3.63, 3.8) is 0 Å². The number of methoxy groups -OCH3 is 3. The van der Waals surface area contributed by atoms with Crippen molar-refractivity contribution in [1.29, 1.82) is 0 Å². The second-order valence-corrected chi connectivity index (χ2v) is 4.21. The lowest BCUT2D eigenvalue weighted by atomic mass is 10.1. The lowest BCUT2D eigenvalue weighted by Gasteiger charge is -2.12. The zero-order valence-corrected chi connectivity index (χ0v) is 11.8. The molecule has 0 fully saturated rings. The number of hydrogen-bond acceptors (Lipinski definition) is 5. The van der Waals surface area contributed by atoms with Crippen LogP contribution in [0.25, 0.3) is 10.9 Å². The van der Waals surface area contributed by atoms with Gasteiger partial charge in [-0.05, 0) is 11.6 Å². The number of ketones is 1. The van der Waals surface area contributed by atoms with Crippen LogP contribution in [0.15, 0.2) is 12.3 Å². The Morgan fingerprint density at radius 2 is 1.75 bits per heavy atom. The van der Waals surface area contributed by atoms with Crippen molar-refractivity contribution in [2.45, 2.75) is 0 Å². The van der Waals surface area contributed by atoms with E-state index in [1.807, 2.05) is 0 Å². The number of H-pyrrole nitrogens is 1. The number of carbonyl (C=O) groups excluding carboxylic acids is 2. The normalized spacial score (nSPS) is 10.4. The molecule has 20 heavy (non-hydrogen) atoms. The highest BCUT2D eigenvalue weighted by molar-refractivity contribution is 6.83. The van der Waals surface area contributed by atoms with E-state index in [1.165, 1.54) is 27.5 Å². The van der Waals surface area contributed by atoms with Gasteiger partial charge in [-0.1, -0.05) is 0 Å². The van der Waals surface area contributed by atoms with E-state index >= 15 is 0 Å². The van der Waals surface area contributed by atoms with Crippen LogP contribution in [0, 0.1) is 0 Å². The van der Waals surface area contributed by atoms with Gasteiger partial charge < -0.3 is 19.2 Å². The van der Waals surface area contributed by atoms with Crippen LogP contribution < -0.4 is 14.2 Å². The Labute approximate surface area is 119 Å². The SMILES string of the molecule is COc1cc(OC)c2c(C(=O)C(=O)Cl)c[nH]c2c1OC. The van der Waals surface area contributed by atoms with E-state index in [2.05, 4.69) is 4.98 Å². The fourth-order valence-corrected chi connectivity index (χ4v) is 2.14. The van der Waals surface area contributed by atoms with Crippen molar-refractivity contribution >= 4 is 33.5 Å². The van der Waals surface area contributed by atoms with Crippen LogP contribution in [0.4, 0.5) is 0 Å². The highest BCUT2D eigenvalue weighted by Crippen LogP contribution is 2.42. The summed E-state index contributed by atoms with van der Waals surface area (Å²) < 4.78 is 15.7. The summed E-state index contributed by atoms with van der Waals surface area (Å²) in [5.74, 6) is 0.405. The van der Waals surface area contributed by atoms with E-state index in [4.69, 9.17) is 25.8 Å². The van der Waals surface area contributed by atoms with Gasteiger partial charge in [-0.25, -0.2) is 0 Å². The fourth-order valence-electron chi connectivity index (χ4n) is 2.04. The van der Waals surface area contributed by atoms with Crippen LogP contribution in [0.1, 0.15) is 10.4 Å². The number of hydrogen-bond donors (Lipinski definition) is 1. The van der Waals surface area contributed by atoms with Crippen molar-refractivity contribution in [3.05, 3.63) is 17.8 Å². The van der Waals surface area contributed by atoms with Crippen molar-refractivity contribution < 1.29 is 23.8 Å². The minimum Gasteiger partial charge on any atom is -0.496 e. The molecule has 7 heteroatoms. The molecule has 2 aromatic rings. The Balaban J connectivity index is 2.83. The molecule has 0 atom stereocenters. The van der Waals surface area contributed by atoms with E-state index < -0.39 is 11.0 Å². The summed E-state index contributed by atoms with van der Waals surface area (Å²) in [6.45, 7) is 0. The van der Waals surface area contributed by atoms with Crippen molar-refractivity contribution in [1.82, 2.24) is 4.98 Å². The van der Waals surface area contributed by atoms with Crippen molar-refractivity contribution in [2.24, 2.45) is 0 Å². The average Bonchev–Trinajstić information content (AvgIpc) is 2.89. The maximum absolute atomic E-state index is 11.8. The number of benzene rings is 1. The molecular formula is C13H12ClNO5. The molecule has 1 aromatic carbocycles. The number of Topliss-reactive ketones (excluding diaryl/α,β-unsaturated/α-hetero) is 1. The van der Waals surface area contributed by atoms with Gasteiger partial charge in [-0.2, -0.15) is 0 Å². The molecule has 1 heterocycles. The zero-order valence-electron chi connectivity index (χ0n) is 11.1. The fraction of sp³-hybridized carbons (Fsp3) is 0.231. The highest BCUT2D eigenvalue weighted by Gasteiger charge is 2.24. The standard InChI is InChI=1S/C13H12ClNO5/c1-18-7-4-8(19-2)12(20-3)10-9(7)6(5-15-10)11(16)13(14)17/h4-5,15H,1-3H3. The highest BCUT2D eigenvalue weighted by atomic mass is 35.5. The van der Waals surface area contributed by atoms with Gasteiger partial charge in [0.25, 0.3) is 5.24 Å². The monoisotopic (exact) mass is 297 g/mol. The maximum atomic E-state index is 11.8. The summed E-state index contributed by atoms with van der Waals surface area (Å²) in [5.41, 5.74) is 0.614. The Kier molecular flexibility index (Phi) is 3.85. The van der Waals surface area contributed by atoms with Gasteiger partial charge in [0.05, 0.1) is 37.8 Å². The minimum absolute atomic E-state index is 0.123. The van der Waals surface area contributed by atoms with Crippen LogP contribution in [-0.2, 0) is 4.79 Å². The first-order valence-electron chi connectivity index (χ1n) is 5.59. The average molecular weight is 298 g/mol. The summed E-state index contributed by atoms with van der Waals surface area (Å²) in [7, 11) is 4.41. The lowest BCUT2D eigenvalue weighted by molar-refractivity contribution is -0.108. The predicted molar refractivity (Wildman–Crippen MR) is 73.1 cm³/mol. The van der Waals surface area contributed by atoms with Crippen LogP contribution in [-0.4, -0.2) is 37.3 Å². The molecule has 0 unspecified atom stereocenters. The molecule has 1 N–H and O–H groups in total. The van der Waals surface area contributed by atoms with Gasteiger partial charge in [0.2, 0.25) is 5.78 Å². The van der Waals surface area contributed by atoms with Gasteiger partial charge in [0.15, 0.2) is 11.5 Å². The van der Waals surface area contributed by atoms with Gasteiger partial charge in [-0.3, -0.25) is 9.59 Å². The van der Waals surface area contributed by atoms with E-state index in [-0.39, 0.29) is 5.56 Å². The molecule has 0 aliphatic heterocycles. The summed E-state index contributed by atoms with van der Waals surface area (Å²) >= 11 is 5.25. The van der Waals surface area contributed by atoms with Crippen molar-refractivity contribution in [2.75, 3.05) is 21.3 Å². The molecule has 0 radical (unpaired) electrons. The number of aromatic nitrogens is 1. The van der Waals surface area contributed by atoms with Gasteiger partial charge in [-0.15, -0.1) is 0 Å². The number of aromatic amines is 1. The van der Waals surface area contributed by atoms with Crippen LogP contribution >= 0.6 is 11.6 Å². The van der Waals surface area contributed by atoms with Gasteiger partial charge in [0, 0.05) is 12.3 Å². The quantitative estimate of drug-likeness (QED) is 0.520. The molecule has 106 valence electrons. The minimum atomic E-state index is -1.07. The molecular weight excluding hydrogens is 286 g/mol. The molecule has 1 aromatic heterocycles. The Hall–Kier alpha value is -2.21. The van der Waals surface area contributed by atoms with Gasteiger partial charge >= 0.3 is 0 Å². The van der Waals surface area contributed by atoms with E-state index in [0.717, 1.165) is 0 Å². The van der Waals surface area contributed by atoms with Gasteiger partial charge in [0.1, 0.15) is 5.75 Å². The number of nitrogens with one attached hydrogen (secondary N) is 1. The zero-order chi connectivity index (χ0) is 14.9. The molecule has 2 rings (SSSR count). The van der Waals surface area contributed by atoms with Crippen LogP contribution in [0.2, 0.25) is 0 Å². The molecule has 0 aliphatic carbocycles. The third-order valence-corrected chi connectivity index (χ3v) is 3.08. The Morgan fingerprint density at radius 1 is 1.10 bits per heavy atom. The predicted octanol–water partition coefficient (Wildman–Crippen LogP) is 2.14. The first-order valence-corrected chi connectivity index (χ1v) is 5.97. The Bertz CT molecular complexity index is 692. The topological polar surface area (TPSA) is 77.6 Å². The number of rotatable bonds is 5.